The van der Waals surface area contributed by atoms with Crippen LogP contribution in [0.2, 0.25) is 0 Å². The Morgan fingerprint density at radius 1 is 0.786 bits per heavy atom. The maximum atomic E-state index is 3.08. The van der Waals surface area contributed by atoms with E-state index in [2.05, 4.69) is 11.8 Å². The van der Waals surface area contributed by atoms with E-state index < -0.39 is 0 Å². The fraction of sp³-hybridized carbons (Fsp3) is 0.286. The van der Waals surface area contributed by atoms with Gasteiger partial charge in [-0.05, 0) is 38.8 Å². The fourth-order valence-electron chi connectivity index (χ4n) is 0.762. The van der Waals surface area contributed by atoms with Gasteiger partial charge in [0.1, 0.15) is 0 Å². The molecular formula is C14H18. The van der Waals surface area contributed by atoms with Gasteiger partial charge < -0.3 is 0 Å². The van der Waals surface area contributed by atoms with Gasteiger partial charge in [0.25, 0.3) is 0 Å². The largest absolute Gasteiger partial charge is 0.0876 e. The molecule has 0 radical (unpaired) electrons. The minimum absolute atomic E-state index is 1.08. The van der Waals surface area contributed by atoms with Crippen molar-refractivity contribution in [3.05, 3.63) is 47.6 Å². The van der Waals surface area contributed by atoms with Crippen LogP contribution in [0.1, 0.15) is 27.7 Å². The van der Waals surface area contributed by atoms with Gasteiger partial charge in [-0.15, -0.1) is 0 Å². The molecule has 0 N–H and O–H groups in total. The summed E-state index contributed by atoms with van der Waals surface area (Å²) < 4.78 is 0. The smallest absolute Gasteiger partial charge is 0.000726 e. The Labute approximate surface area is 87.7 Å². The first kappa shape index (κ1) is 12.5. The second-order valence-corrected chi connectivity index (χ2v) is 3.00. The zero-order valence-corrected chi connectivity index (χ0v) is 9.46. The first-order chi connectivity index (χ1) is 6.70. The monoisotopic (exact) mass is 186 g/mol. The van der Waals surface area contributed by atoms with Crippen LogP contribution in [-0.2, 0) is 0 Å². The van der Waals surface area contributed by atoms with Crippen molar-refractivity contribution in [2.75, 3.05) is 0 Å². The van der Waals surface area contributed by atoms with Gasteiger partial charge in [-0.3, -0.25) is 0 Å². The predicted molar refractivity (Wildman–Crippen MR) is 64.9 cm³/mol. The van der Waals surface area contributed by atoms with Gasteiger partial charge in [-0.1, -0.05) is 48.3 Å². The van der Waals surface area contributed by atoms with Crippen molar-refractivity contribution in [3.63, 3.8) is 0 Å². The maximum absolute atomic E-state index is 3.08. The van der Waals surface area contributed by atoms with Crippen molar-refractivity contribution >= 4 is 0 Å². The summed E-state index contributed by atoms with van der Waals surface area (Å²) in [4.78, 5) is 0. The SMILES string of the molecule is C/C=C\C=C(/C)C#C/C(C)=C/C=C\C. The Balaban J connectivity index is 4.43. The Morgan fingerprint density at radius 3 is 1.43 bits per heavy atom. The molecule has 0 aromatic heterocycles. The summed E-state index contributed by atoms with van der Waals surface area (Å²) in [6.07, 6.45) is 12.0. The lowest BCUT2D eigenvalue weighted by Crippen LogP contribution is -1.70. The molecule has 0 rings (SSSR count). The lowest BCUT2D eigenvalue weighted by atomic mass is 10.2. The lowest BCUT2D eigenvalue weighted by molar-refractivity contribution is 1.53. The van der Waals surface area contributed by atoms with Crippen LogP contribution in [0.5, 0.6) is 0 Å². The van der Waals surface area contributed by atoms with E-state index >= 15 is 0 Å². The molecule has 0 nitrogen and oxygen atoms in total. The molecule has 0 amide bonds. The Morgan fingerprint density at radius 2 is 1.14 bits per heavy atom. The summed E-state index contributed by atoms with van der Waals surface area (Å²) in [6, 6.07) is 0. The molecular weight excluding hydrogens is 168 g/mol. The first-order valence-electron chi connectivity index (χ1n) is 4.82. The van der Waals surface area contributed by atoms with Crippen LogP contribution in [0.3, 0.4) is 0 Å². The first-order valence-corrected chi connectivity index (χ1v) is 4.82. The van der Waals surface area contributed by atoms with Crippen LogP contribution in [0.25, 0.3) is 0 Å². The predicted octanol–water partition coefficient (Wildman–Crippen LogP) is 4.03. The highest BCUT2D eigenvalue weighted by Crippen LogP contribution is 1.94. The zero-order valence-electron chi connectivity index (χ0n) is 9.46. The molecule has 0 saturated carbocycles. The molecule has 0 aliphatic carbocycles. The molecule has 0 aromatic rings. The van der Waals surface area contributed by atoms with Crippen LogP contribution in [0.4, 0.5) is 0 Å². The van der Waals surface area contributed by atoms with Gasteiger partial charge in [0.15, 0.2) is 0 Å². The van der Waals surface area contributed by atoms with E-state index in [9.17, 15) is 0 Å². The molecule has 0 heteroatoms. The normalized spacial score (nSPS) is 13.4. The number of allylic oxidation sites excluding steroid dienone is 8. The molecule has 0 aliphatic rings. The van der Waals surface area contributed by atoms with Gasteiger partial charge in [-0.2, -0.15) is 0 Å². The van der Waals surface area contributed by atoms with E-state index in [0.29, 0.717) is 0 Å². The summed E-state index contributed by atoms with van der Waals surface area (Å²) in [7, 11) is 0. The summed E-state index contributed by atoms with van der Waals surface area (Å²) in [6.45, 7) is 8.01. The highest BCUT2D eigenvalue weighted by Gasteiger charge is 1.79. The molecule has 0 spiro atoms. The van der Waals surface area contributed by atoms with Crippen LogP contribution < -0.4 is 0 Å². The standard InChI is InChI=1S/C14H18/c1-5-7-9-13(3)11-12-14(4)10-8-6-2/h5-10H,1-4H3/b7-5-,8-6-,13-9+,14-10+. The van der Waals surface area contributed by atoms with Gasteiger partial charge in [0.2, 0.25) is 0 Å². The molecule has 0 aromatic carbocycles. The van der Waals surface area contributed by atoms with Crippen molar-refractivity contribution < 1.29 is 0 Å². The number of rotatable bonds is 2. The van der Waals surface area contributed by atoms with Crippen molar-refractivity contribution in [2.45, 2.75) is 27.7 Å². The summed E-state index contributed by atoms with van der Waals surface area (Å²) in [5, 5.41) is 0. The molecule has 0 aliphatic heterocycles. The third kappa shape index (κ3) is 7.18. The molecule has 0 saturated heterocycles. The Kier molecular flexibility index (Phi) is 7.27. The van der Waals surface area contributed by atoms with E-state index in [0.717, 1.165) is 11.1 Å². The van der Waals surface area contributed by atoms with Crippen LogP contribution in [0.15, 0.2) is 47.6 Å². The second kappa shape index (κ2) is 8.13. The van der Waals surface area contributed by atoms with Crippen molar-refractivity contribution in [2.24, 2.45) is 0 Å². The van der Waals surface area contributed by atoms with Crippen LogP contribution in [0, 0.1) is 11.8 Å². The average molecular weight is 186 g/mol. The number of hydrogen-bond acceptors (Lipinski definition) is 0. The van der Waals surface area contributed by atoms with E-state index in [1.165, 1.54) is 0 Å². The van der Waals surface area contributed by atoms with Crippen LogP contribution >= 0.6 is 0 Å². The molecule has 0 fully saturated rings. The van der Waals surface area contributed by atoms with E-state index in [-0.39, 0.29) is 0 Å². The molecule has 74 valence electrons. The Hall–Kier alpha value is -1.48. The summed E-state index contributed by atoms with van der Waals surface area (Å²) in [5.74, 6) is 6.17. The van der Waals surface area contributed by atoms with Gasteiger partial charge >= 0.3 is 0 Å². The Bertz CT molecular complexity index is 293. The molecule has 14 heavy (non-hydrogen) atoms. The quantitative estimate of drug-likeness (QED) is 0.451. The molecule has 0 atom stereocenters. The van der Waals surface area contributed by atoms with Gasteiger partial charge in [-0.25, -0.2) is 0 Å². The van der Waals surface area contributed by atoms with Gasteiger partial charge in [0.05, 0.1) is 0 Å². The molecule has 0 heterocycles. The van der Waals surface area contributed by atoms with Crippen molar-refractivity contribution in [1.29, 1.82) is 0 Å². The highest BCUT2D eigenvalue weighted by atomic mass is 13.8. The topological polar surface area (TPSA) is 0 Å². The van der Waals surface area contributed by atoms with E-state index in [4.69, 9.17) is 0 Å². The molecule has 0 bridgehead atoms. The van der Waals surface area contributed by atoms with E-state index in [1.54, 1.807) is 0 Å². The van der Waals surface area contributed by atoms with Crippen LogP contribution in [-0.4, -0.2) is 0 Å². The third-order valence-electron chi connectivity index (χ3n) is 1.53. The van der Waals surface area contributed by atoms with E-state index in [1.807, 2.05) is 64.2 Å². The van der Waals surface area contributed by atoms with Crippen molar-refractivity contribution in [3.8, 4) is 11.8 Å². The second-order valence-electron chi connectivity index (χ2n) is 3.00. The average Bonchev–Trinajstić information content (AvgIpc) is 2.20. The third-order valence-corrected chi connectivity index (χ3v) is 1.53. The highest BCUT2D eigenvalue weighted by molar-refractivity contribution is 5.38. The lowest BCUT2D eigenvalue weighted by Gasteiger charge is -1.85. The zero-order chi connectivity index (χ0) is 10.8. The summed E-state index contributed by atoms with van der Waals surface area (Å²) >= 11 is 0. The summed E-state index contributed by atoms with van der Waals surface area (Å²) in [5.41, 5.74) is 2.16. The van der Waals surface area contributed by atoms with Gasteiger partial charge in [0, 0.05) is 0 Å². The number of hydrogen-bond donors (Lipinski definition) is 0. The van der Waals surface area contributed by atoms with Crippen molar-refractivity contribution in [1.82, 2.24) is 0 Å². The minimum Gasteiger partial charge on any atom is -0.0876 e. The maximum Gasteiger partial charge on any atom is -0.000726 e. The fourth-order valence-corrected chi connectivity index (χ4v) is 0.762. The molecule has 0 unspecified atom stereocenters. The minimum atomic E-state index is 1.08.